The molecule has 1 atom stereocenters. The Labute approximate surface area is 78.0 Å². The van der Waals surface area contributed by atoms with Crippen LogP contribution in [-0.4, -0.2) is 31.4 Å². The summed E-state index contributed by atoms with van der Waals surface area (Å²) in [6.07, 6.45) is 0. The van der Waals surface area contributed by atoms with Crippen LogP contribution in [0.25, 0.3) is 0 Å². The third-order valence-electron chi connectivity index (χ3n) is 1.48. The minimum atomic E-state index is -3.42. The highest BCUT2D eigenvalue weighted by atomic mass is 35.5. The molecule has 0 heterocycles. The van der Waals surface area contributed by atoms with Gasteiger partial charge in [0.05, 0.1) is 6.61 Å². The van der Waals surface area contributed by atoms with Crippen LogP contribution in [0, 0.1) is 5.92 Å². The van der Waals surface area contributed by atoms with Crippen LogP contribution in [0.15, 0.2) is 0 Å². The van der Waals surface area contributed by atoms with Crippen LogP contribution < -0.4 is 4.72 Å². The van der Waals surface area contributed by atoms with Crippen molar-refractivity contribution in [2.75, 3.05) is 11.8 Å². The highest BCUT2D eigenvalue weighted by molar-refractivity contribution is 7.90. The lowest BCUT2D eigenvalue weighted by atomic mass is 10.1. The first-order valence-corrected chi connectivity index (χ1v) is 5.78. The third kappa shape index (κ3) is 4.25. The van der Waals surface area contributed by atoms with Gasteiger partial charge in [-0.1, -0.05) is 13.8 Å². The Morgan fingerprint density at radius 2 is 2.00 bits per heavy atom. The van der Waals surface area contributed by atoms with Gasteiger partial charge in [-0.2, -0.15) is 0 Å². The van der Waals surface area contributed by atoms with Gasteiger partial charge in [-0.3, -0.25) is 0 Å². The van der Waals surface area contributed by atoms with Crippen LogP contribution >= 0.6 is 11.6 Å². The minimum Gasteiger partial charge on any atom is -0.395 e. The molecule has 0 unspecified atom stereocenters. The smallest absolute Gasteiger partial charge is 0.225 e. The predicted molar refractivity (Wildman–Crippen MR) is 48.5 cm³/mol. The number of hydrogen-bond acceptors (Lipinski definition) is 3. The fraction of sp³-hybridized carbons (Fsp3) is 1.00. The van der Waals surface area contributed by atoms with E-state index < -0.39 is 21.3 Å². The zero-order chi connectivity index (χ0) is 9.78. The fourth-order valence-electron chi connectivity index (χ4n) is 0.646. The van der Waals surface area contributed by atoms with E-state index in [1.807, 2.05) is 13.8 Å². The van der Waals surface area contributed by atoms with Gasteiger partial charge in [-0.05, 0) is 5.92 Å². The lowest BCUT2D eigenvalue weighted by molar-refractivity contribution is 0.228. The molecule has 0 aliphatic carbocycles. The Kier molecular flexibility index (Phi) is 5.08. The number of aliphatic hydroxyl groups excluding tert-OH is 1. The van der Waals surface area contributed by atoms with Crippen molar-refractivity contribution >= 4 is 21.6 Å². The standard InChI is InChI=1S/C6H14ClNO3S/c1-5(2)6(3-9)8-12(10,11)4-7/h5-6,8-9H,3-4H2,1-2H3/t6-/m1/s1. The average Bonchev–Trinajstić information content (AvgIpc) is 2.00. The van der Waals surface area contributed by atoms with E-state index in [1.165, 1.54) is 0 Å². The minimum absolute atomic E-state index is 0.0491. The quantitative estimate of drug-likeness (QED) is 0.641. The molecule has 0 aromatic heterocycles. The van der Waals surface area contributed by atoms with Gasteiger partial charge in [-0.15, -0.1) is 11.6 Å². The number of hydrogen-bond donors (Lipinski definition) is 2. The number of nitrogens with one attached hydrogen (secondary N) is 1. The maximum Gasteiger partial charge on any atom is 0.225 e. The first-order valence-electron chi connectivity index (χ1n) is 3.59. The van der Waals surface area contributed by atoms with E-state index in [2.05, 4.69) is 4.72 Å². The Hall–Kier alpha value is 0.160. The molecule has 0 bridgehead atoms. The summed E-state index contributed by atoms with van der Waals surface area (Å²) in [5, 5.41) is 8.31. The van der Waals surface area contributed by atoms with Gasteiger partial charge in [0.15, 0.2) is 0 Å². The first kappa shape index (κ1) is 12.2. The van der Waals surface area contributed by atoms with Crippen LogP contribution in [0.2, 0.25) is 0 Å². The molecule has 74 valence electrons. The van der Waals surface area contributed by atoms with E-state index >= 15 is 0 Å². The van der Waals surface area contributed by atoms with Gasteiger partial charge in [0.1, 0.15) is 5.21 Å². The Morgan fingerprint density at radius 1 is 1.50 bits per heavy atom. The van der Waals surface area contributed by atoms with Crippen molar-refractivity contribution in [3.63, 3.8) is 0 Å². The monoisotopic (exact) mass is 215 g/mol. The Balaban J connectivity index is 4.22. The van der Waals surface area contributed by atoms with E-state index in [9.17, 15) is 8.42 Å². The molecule has 0 aromatic rings. The second kappa shape index (κ2) is 5.01. The van der Waals surface area contributed by atoms with E-state index in [-0.39, 0.29) is 12.5 Å². The summed E-state index contributed by atoms with van der Waals surface area (Å²) in [5.41, 5.74) is 0. The van der Waals surface area contributed by atoms with Crippen molar-refractivity contribution < 1.29 is 13.5 Å². The maximum absolute atomic E-state index is 10.9. The van der Waals surface area contributed by atoms with Crippen molar-refractivity contribution in [3.05, 3.63) is 0 Å². The van der Waals surface area contributed by atoms with Gasteiger partial charge in [0, 0.05) is 6.04 Å². The molecular weight excluding hydrogens is 202 g/mol. The van der Waals surface area contributed by atoms with Gasteiger partial charge < -0.3 is 5.11 Å². The second-order valence-corrected chi connectivity index (χ2v) is 5.21. The summed E-state index contributed by atoms with van der Waals surface area (Å²) in [4.78, 5) is 0. The van der Waals surface area contributed by atoms with Crippen LogP contribution in [0.5, 0.6) is 0 Å². The van der Waals surface area contributed by atoms with Crippen LogP contribution in [0.1, 0.15) is 13.8 Å². The maximum atomic E-state index is 10.9. The summed E-state index contributed by atoms with van der Waals surface area (Å²) in [5.74, 6) is 0.0491. The summed E-state index contributed by atoms with van der Waals surface area (Å²) >= 11 is 5.17. The number of halogens is 1. The molecule has 0 radical (unpaired) electrons. The van der Waals surface area contributed by atoms with Crippen molar-refractivity contribution in [2.45, 2.75) is 19.9 Å². The predicted octanol–water partition coefficient (Wildman–Crippen LogP) is 0.119. The zero-order valence-electron chi connectivity index (χ0n) is 7.12. The van der Waals surface area contributed by atoms with E-state index in [1.54, 1.807) is 0 Å². The van der Waals surface area contributed by atoms with E-state index in [4.69, 9.17) is 16.7 Å². The molecular formula is C6H14ClNO3S. The van der Waals surface area contributed by atoms with Gasteiger partial charge in [-0.25, -0.2) is 13.1 Å². The fourth-order valence-corrected chi connectivity index (χ4v) is 1.71. The van der Waals surface area contributed by atoms with E-state index in [0.717, 1.165) is 0 Å². The molecule has 0 aliphatic rings. The summed E-state index contributed by atoms with van der Waals surface area (Å²) in [7, 11) is -3.42. The molecule has 0 saturated carbocycles. The van der Waals surface area contributed by atoms with Crippen molar-refractivity contribution in [1.82, 2.24) is 4.72 Å². The molecule has 0 fully saturated rings. The highest BCUT2D eigenvalue weighted by Crippen LogP contribution is 2.02. The number of sulfonamides is 1. The van der Waals surface area contributed by atoms with Crippen molar-refractivity contribution in [1.29, 1.82) is 0 Å². The number of alkyl halides is 1. The lowest BCUT2D eigenvalue weighted by Crippen LogP contribution is -2.41. The van der Waals surface area contributed by atoms with Crippen LogP contribution in [0.3, 0.4) is 0 Å². The topological polar surface area (TPSA) is 66.4 Å². The summed E-state index contributed by atoms with van der Waals surface area (Å²) in [6.45, 7) is 3.42. The molecule has 0 spiro atoms. The average molecular weight is 216 g/mol. The molecule has 4 nitrogen and oxygen atoms in total. The third-order valence-corrected chi connectivity index (χ3v) is 3.29. The first-order chi connectivity index (χ1) is 5.43. The van der Waals surface area contributed by atoms with Gasteiger partial charge in [0.2, 0.25) is 10.0 Å². The zero-order valence-corrected chi connectivity index (χ0v) is 8.69. The van der Waals surface area contributed by atoms with Crippen molar-refractivity contribution in [3.8, 4) is 0 Å². The second-order valence-electron chi connectivity index (χ2n) is 2.87. The molecule has 2 N–H and O–H groups in total. The molecule has 0 rings (SSSR count). The van der Waals surface area contributed by atoms with E-state index in [0.29, 0.717) is 0 Å². The SMILES string of the molecule is CC(C)[C@@H](CO)NS(=O)(=O)CCl. The van der Waals surface area contributed by atoms with Crippen molar-refractivity contribution in [2.24, 2.45) is 5.92 Å². The molecule has 12 heavy (non-hydrogen) atoms. The summed E-state index contributed by atoms with van der Waals surface area (Å²) < 4.78 is 24.1. The molecule has 6 heteroatoms. The molecule has 0 saturated heterocycles. The number of rotatable bonds is 5. The van der Waals surface area contributed by atoms with Gasteiger partial charge >= 0.3 is 0 Å². The summed E-state index contributed by atoms with van der Waals surface area (Å²) in [6, 6.07) is -0.450. The highest BCUT2D eigenvalue weighted by Gasteiger charge is 2.18. The lowest BCUT2D eigenvalue weighted by Gasteiger charge is -2.18. The number of aliphatic hydroxyl groups is 1. The van der Waals surface area contributed by atoms with Crippen LogP contribution in [-0.2, 0) is 10.0 Å². The molecule has 0 aliphatic heterocycles. The molecule has 0 aromatic carbocycles. The Morgan fingerprint density at radius 3 is 2.25 bits per heavy atom. The van der Waals surface area contributed by atoms with Gasteiger partial charge in [0.25, 0.3) is 0 Å². The Bertz CT molecular complexity index is 215. The van der Waals surface area contributed by atoms with Crippen LogP contribution in [0.4, 0.5) is 0 Å². The molecule has 0 amide bonds. The normalized spacial score (nSPS) is 15.1. The largest absolute Gasteiger partial charge is 0.395 e.